The lowest BCUT2D eigenvalue weighted by atomic mass is 9.85. The van der Waals surface area contributed by atoms with Gasteiger partial charge < -0.3 is 5.32 Å². The van der Waals surface area contributed by atoms with E-state index in [0.717, 1.165) is 5.56 Å². The van der Waals surface area contributed by atoms with Crippen LogP contribution < -0.4 is 10.9 Å². The summed E-state index contributed by atoms with van der Waals surface area (Å²) in [6, 6.07) is 12.9. The van der Waals surface area contributed by atoms with E-state index in [4.69, 9.17) is 23.2 Å². The van der Waals surface area contributed by atoms with Crippen molar-refractivity contribution in [3.8, 4) is 11.3 Å². The molecule has 10 heteroatoms. The average Bonchev–Trinajstić information content (AvgIpc) is 3.21. The molecule has 32 heavy (non-hydrogen) atoms. The van der Waals surface area contributed by atoms with E-state index < -0.39 is 6.04 Å². The summed E-state index contributed by atoms with van der Waals surface area (Å²) in [4.78, 5) is 12.8. The van der Waals surface area contributed by atoms with E-state index in [9.17, 15) is 4.79 Å². The Kier molecular flexibility index (Phi) is 4.79. The summed E-state index contributed by atoms with van der Waals surface area (Å²) < 4.78 is 1.64. The molecule has 0 saturated carbocycles. The van der Waals surface area contributed by atoms with Gasteiger partial charge in [-0.15, -0.1) is 0 Å². The lowest BCUT2D eigenvalue weighted by molar-refractivity contribution is 0.564. The van der Waals surface area contributed by atoms with Crippen molar-refractivity contribution >= 4 is 34.8 Å². The van der Waals surface area contributed by atoms with Crippen LogP contribution in [0.1, 0.15) is 43.5 Å². The molecule has 1 aliphatic rings. The topological polar surface area (TPSA) is 101 Å². The van der Waals surface area contributed by atoms with Gasteiger partial charge in [0.2, 0.25) is 5.95 Å². The fraction of sp³-hybridized carbons (Fsp3) is 0.227. The number of aromatic amines is 1. The molecule has 5 rings (SSSR count). The summed E-state index contributed by atoms with van der Waals surface area (Å²) >= 11 is 12.6. The zero-order chi connectivity index (χ0) is 22.6. The number of aromatic nitrogens is 6. The fourth-order valence-corrected chi connectivity index (χ4v) is 4.40. The predicted molar refractivity (Wildman–Crippen MR) is 124 cm³/mol. The maximum absolute atomic E-state index is 12.8. The van der Waals surface area contributed by atoms with Gasteiger partial charge in [0.15, 0.2) is 0 Å². The molecule has 0 aliphatic carbocycles. The Morgan fingerprint density at radius 1 is 1.06 bits per heavy atom. The molecule has 0 bridgehead atoms. The van der Waals surface area contributed by atoms with Gasteiger partial charge in [0.1, 0.15) is 17.4 Å². The van der Waals surface area contributed by atoms with E-state index in [1.165, 1.54) is 5.56 Å². The highest BCUT2D eigenvalue weighted by molar-refractivity contribution is 6.36. The highest BCUT2D eigenvalue weighted by atomic mass is 35.5. The molecule has 162 valence electrons. The van der Waals surface area contributed by atoms with Gasteiger partial charge in [-0.25, -0.2) is 5.10 Å². The second kappa shape index (κ2) is 7.43. The van der Waals surface area contributed by atoms with Gasteiger partial charge >= 0.3 is 0 Å². The Morgan fingerprint density at radius 3 is 2.50 bits per heavy atom. The summed E-state index contributed by atoms with van der Waals surface area (Å²) in [6.45, 7) is 6.47. The first-order valence-corrected chi connectivity index (χ1v) is 10.7. The average molecular weight is 468 g/mol. The number of tetrazole rings is 1. The van der Waals surface area contributed by atoms with Gasteiger partial charge in [0, 0.05) is 16.1 Å². The Bertz CT molecular complexity index is 1390. The number of H-pyrrole nitrogens is 1. The first kappa shape index (κ1) is 20.7. The predicted octanol–water partition coefficient (Wildman–Crippen LogP) is 4.72. The van der Waals surface area contributed by atoms with E-state index in [-0.39, 0.29) is 11.0 Å². The third-order valence-electron chi connectivity index (χ3n) is 5.55. The molecule has 0 saturated heterocycles. The number of nitrogens with one attached hydrogen (secondary N) is 2. The smallest absolute Gasteiger partial charge is 0.288 e. The molecule has 1 atom stereocenters. The van der Waals surface area contributed by atoms with Crippen molar-refractivity contribution in [1.82, 2.24) is 30.4 Å². The molecule has 2 N–H and O–H groups in total. The minimum absolute atomic E-state index is 0.00518. The van der Waals surface area contributed by atoms with Crippen LogP contribution >= 0.6 is 23.2 Å². The van der Waals surface area contributed by atoms with Crippen LogP contribution in [0.2, 0.25) is 10.0 Å². The highest BCUT2D eigenvalue weighted by Crippen LogP contribution is 2.43. The summed E-state index contributed by atoms with van der Waals surface area (Å²) in [5, 5.41) is 22.9. The monoisotopic (exact) mass is 467 g/mol. The number of hydrogen-bond donors (Lipinski definition) is 2. The summed E-state index contributed by atoms with van der Waals surface area (Å²) in [5.74, 6) is 0.368. The van der Waals surface area contributed by atoms with Gasteiger partial charge in [-0.1, -0.05) is 73.3 Å². The Hall–Kier alpha value is -3.23. The molecule has 4 aromatic rings. The number of nitrogens with zero attached hydrogens (tertiary/aromatic N) is 5. The SMILES string of the molecule is CC(C)(C)c1ccc([C@H]2c3c(-c4ccc(Cl)cc4Cl)n[nH]c(=O)c3Nc3nnnn32)cc1. The van der Waals surface area contributed by atoms with Gasteiger partial charge in [-0.05, 0) is 45.2 Å². The molecule has 0 radical (unpaired) electrons. The molecule has 0 spiro atoms. The van der Waals surface area contributed by atoms with Gasteiger partial charge in [0.05, 0.1) is 5.02 Å². The van der Waals surface area contributed by atoms with Crippen molar-refractivity contribution in [3.63, 3.8) is 0 Å². The van der Waals surface area contributed by atoms with Crippen molar-refractivity contribution in [3.05, 3.63) is 79.6 Å². The van der Waals surface area contributed by atoms with Crippen molar-refractivity contribution in [1.29, 1.82) is 0 Å². The van der Waals surface area contributed by atoms with Crippen LogP contribution in [0.3, 0.4) is 0 Å². The number of fused-ring (bicyclic) bond motifs is 2. The zero-order valence-corrected chi connectivity index (χ0v) is 19.0. The van der Waals surface area contributed by atoms with E-state index in [1.807, 2.05) is 12.1 Å². The van der Waals surface area contributed by atoms with E-state index in [0.29, 0.717) is 38.5 Å². The number of benzene rings is 2. The summed E-state index contributed by atoms with van der Waals surface area (Å²) in [7, 11) is 0. The van der Waals surface area contributed by atoms with Crippen LogP contribution in [0.4, 0.5) is 11.6 Å². The molecule has 8 nitrogen and oxygen atoms in total. The number of rotatable bonds is 2. The second-order valence-electron chi connectivity index (χ2n) is 8.66. The Labute approximate surface area is 193 Å². The standard InChI is InChI=1S/C22H19Cl2N7O/c1-22(2,3)12-6-4-11(5-7-12)19-16-17(14-9-8-13(23)10-15(14)24)26-27-20(32)18(16)25-21-28-29-30-31(19)21/h4-10,19H,1-3H3,(H,27,32)(H,25,28,30)/t19-/m0/s1. The highest BCUT2D eigenvalue weighted by Gasteiger charge is 2.35. The minimum Gasteiger partial charge on any atom is -0.318 e. The minimum atomic E-state index is -0.484. The second-order valence-corrected chi connectivity index (χ2v) is 9.50. The van der Waals surface area contributed by atoms with Crippen LogP contribution in [0.5, 0.6) is 0 Å². The Morgan fingerprint density at radius 2 is 1.81 bits per heavy atom. The maximum atomic E-state index is 12.8. The van der Waals surface area contributed by atoms with Crippen LogP contribution in [0.25, 0.3) is 11.3 Å². The van der Waals surface area contributed by atoms with Crippen molar-refractivity contribution in [2.24, 2.45) is 0 Å². The van der Waals surface area contributed by atoms with Crippen molar-refractivity contribution < 1.29 is 0 Å². The molecule has 0 unspecified atom stereocenters. The fourth-order valence-electron chi connectivity index (χ4n) is 3.90. The van der Waals surface area contributed by atoms with Gasteiger partial charge in [-0.3, -0.25) is 4.79 Å². The third-order valence-corrected chi connectivity index (χ3v) is 6.09. The zero-order valence-electron chi connectivity index (χ0n) is 17.5. The quantitative estimate of drug-likeness (QED) is 0.389. The molecule has 1 aliphatic heterocycles. The lowest BCUT2D eigenvalue weighted by Crippen LogP contribution is -2.29. The van der Waals surface area contributed by atoms with Crippen LogP contribution in [-0.2, 0) is 5.41 Å². The van der Waals surface area contributed by atoms with E-state index in [2.05, 4.69) is 63.9 Å². The summed E-state index contributed by atoms with van der Waals surface area (Å²) in [6.07, 6.45) is 0. The molecule has 3 heterocycles. The van der Waals surface area contributed by atoms with Crippen LogP contribution in [0, 0.1) is 0 Å². The summed E-state index contributed by atoms with van der Waals surface area (Å²) in [5.41, 5.74) is 3.84. The van der Waals surface area contributed by atoms with E-state index >= 15 is 0 Å². The lowest BCUT2D eigenvalue weighted by Gasteiger charge is -2.28. The van der Waals surface area contributed by atoms with Gasteiger partial charge in [-0.2, -0.15) is 9.78 Å². The Balaban J connectivity index is 1.77. The molecule has 2 aromatic heterocycles. The van der Waals surface area contributed by atoms with Gasteiger partial charge in [0.25, 0.3) is 5.56 Å². The van der Waals surface area contributed by atoms with Crippen LogP contribution in [0.15, 0.2) is 47.3 Å². The number of anilines is 2. The number of hydrogen-bond acceptors (Lipinski definition) is 6. The normalized spacial score (nSPS) is 15.1. The molecule has 2 aromatic carbocycles. The largest absolute Gasteiger partial charge is 0.318 e. The molecule has 0 amide bonds. The third kappa shape index (κ3) is 3.36. The van der Waals surface area contributed by atoms with Crippen molar-refractivity contribution in [2.75, 3.05) is 5.32 Å². The van der Waals surface area contributed by atoms with Crippen molar-refractivity contribution in [2.45, 2.75) is 32.2 Å². The first-order valence-electron chi connectivity index (χ1n) is 9.97. The molecular formula is C22H19Cl2N7O. The molecular weight excluding hydrogens is 449 g/mol. The first-order chi connectivity index (χ1) is 15.2. The van der Waals surface area contributed by atoms with E-state index in [1.54, 1.807) is 22.9 Å². The maximum Gasteiger partial charge on any atom is 0.288 e. The van der Waals surface area contributed by atoms with Crippen LogP contribution in [-0.4, -0.2) is 30.4 Å². The number of halogens is 2. The molecule has 0 fully saturated rings.